The molecule has 1 rings (SSSR count). The number of hydrogen-bond acceptors (Lipinski definition) is 3. The number of carbonyl (C=O) groups is 2. The summed E-state index contributed by atoms with van der Waals surface area (Å²) in [6.07, 6.45) is 4.41. The van der Waals surface area contributed by atoms with Crippen molar-refractivity contribution in [2.45, 2.75) is 58.0 Å². The normalized spacial score (nSPS) is 25.8. The number of rotatable bonds is 5. The van der Waals surface area contributed by atoms with Crippen LogP contribution in [0.2, 0.25) is 0 Å². The van der Waals surface area contributed by atoms with Crippen molar-refractivity contribution in [3.8, 4) is 0 Å². The zero-order valence-electron chi connectivity index (χ0n) is 11.3. The smallest absolute Gasteiger partial charge is 0.237 e. The maximum Gasteiger partial charge on any atom is 0.237 e. The quantitative estimate of drug-likeness (QED) is 0.668. The summed E-state index contributed by atoms with van der Waals surface area (Å²) in [7, 11) is 0. The van der Waals surface area contributed by atoms with Crippen LogP contribution in [0.1, 0.15) is 46.0 Å². The summed E-state index contributed by atoms with van der Waals surface area (Å²) in [5, 5.41) is 2.98. The van der Waals surface area contributed by atoms with Gasteiger partial charge in [0.2, 0.25) is 11.8 Å². The number of primary amides is 1. The minimum Gasteiger partial charge on any atom is -0.370 e. The Morgan fingerprint density at radius 2 is 1.89 bits per heavy atom. The van der Waals surface area contributed by atoms with Gasteiger partial charge >= 0.3 is 0 Å². The topological polar surface area (TPSA) is 98.2 Å². The van der Waals surface area contributed by atoms with E-state index in [9.17, 15) is 9.59 Å². The summed E-state index contributed by atoms with van der Waals surface area (Å²) in [5.41, 5.74) is 10.7. The average molecular weight is 255 g/mol. The highest BCUT2D eigenvalue weighted by Crippen LogP contribution is 2.30. The molecule has 1 aliphatic rings. The van der Waals surface area contributed by atoms with E-state index >= 15 is 0 Å². The number of nitrogens with two attached hydrogens (primary N) is 2. The van der Waals surface area contributed by atoms with E-state index in [2.05, 4.69) is 19.2 Å². The number of hydrogen-bond donors (Lipinski definition) is 3. The Morgan fingerprint density at radius 3 is 2.44 bits per heavy atom. The molecule has 0 spiro atoms. The van der Waals surface area contributed by atoms with Crippen LogP contribution >= 0.6 is 0 Å². The van der Waals surface area contributed by atoms with Crippen molar-refractivity contribution in [3.05, 3.63) is 0 Å². The van der Waals surface area contributed by atoms with Crippen molar-refractivity contribution in [1.29, 1.82) is 0 Å². The second-order valence-corrected chi connectivity index (χ2v) is 5.58. The van der Waals surface area contributed by atoms with Crippen molar-refractivity contribution in [1.82, 2.24) is 5.32 Å². The molecule has 1 aliphatic carbocycles. The van der Waals surface area contributed by atoms with Crippen molar-refractivity contribution in [2.24, 2.45) is 23.3 Å². The lowest BCUT2D eigenvalue weighted by molar-refractivity contribution is -0.127. The standard InChI is InChI=1S/C13H25N3O2/c1-8(2)9-5-3-4-6-11(9)16-13(18)10(14)7-12(15)17/h8-11H,3-7,14H2,1-2H3,(H2,15,17)(H,16,18). The Balaban J connectivity index is 2.53. The van der Waals surface area contributed by atoms with Crippen molar-refractivity contribution in [2.75, 3.05) is 0 Å². The van der Waals surface area contributed by atoms with Crippen molar-refractivity contribution < 1.29 is 9.59 Å². The van der Waals surface area contributed by atoms with Crippen molar-refractivity contribution in [3.63, 3.8) is 0 Å². The molecule has 0 aromatic rings. The minimum absolute atomic E-state index is 0.0924. The highest BCUT2D eigenvalue weighted by atomic mass is 16.2. The van der Waals surface area contributed by atoms with E-state index in [1.807, 2.05) is 0 Å². The molecule has 1 saturated carbocycles. The Labute approximate surface area is 109 Å². The van der Waals surface area contributed by atoms with Crippen LogP contribution in [0, 0.1) is 11.8 Å². The zero-order valence-corrected chi connectivity index (χ0v) is 11.3. The molecular formula is C13H25N3O2. The summed E-state index contributed by atoms with van der Waals surface area (Å²) in [6, 6.07) is -0.637. The van der Waals surface area contributed by atoms with Crippen LogP contribution in [0.4, 0.5) is 0 Å². The van der Waals surface area contributed by atoms with E-state index in [1.165, 1.54) is 6.42 Å². The maximum absolute atomic E-state index is 11.9. The number of amides is 2. The van der Waals surface area contributed by atoms with Crippen LogP contribution in [0.3, 0.4) is 0 Å². The molecule has 0 aromatic carbocycles. The highest BCUT2D eigenvalue weighted by Gasteiger charge is 2.30. The van der Waals surface area contributed by atoms with Gasteiger partial charge in [-0.1, -0.05) is 26.7 Å². The first-order chi connectivity index (χ1) is 8.41. The average Bonchev–Trinajstić information content (AvgIpc) is 2.28. The molecule has 104 valence electrons. The largest absolute Gasteiger partial charge is 0.370 e. The third-order valence-electron chi connectivity index (χ3n) is 3.76. The van der Waals surface area contributed by atoms with E-state index in [0.29, 0.717) is 11.8 Å². The molecule has 5 heteroatoms. The molecule has 3 atom stereocenters. The molecule has 2 amide bonds. The van der Waals surface area contributed by atoms with Crippen LogP contribution < -0.4 is 16.8 Å². The van der Waals surface area contributed by atoms with Gasteiger partial charge in [-0.05, 0) is 24.7 Å². The van der Waals surface area contributed by atoms with Gasteiger partial charge in [-0.3, -0.25) is 9.59 Å². The molecule has 5 N–H and O–H groups in total. The Hall–Kier alpha value is -1.10. The van der Waals surface area contributed by atoms with Gasteiger partial charge < -0.3 is 16.8 Å². The summed E-state index contributed by atoms with van der Waals surface area (Å²) < 4.78 is 0. The second-order valence-electron chi connectivity index (χ2n) is 5.58. The fraction of sp³-hybridized carbons (Fsp3) is 0.846. The molecule has 0 saturated heterocycles. The van der Waals surface area contributed by atoms with E-state index < -0.39 is 11.9 Å². The van der Waals surface area contributed by atoms with Crippen LogP contribution in [0.5, 0.6) is 0 Å². The molecule has 0 radical (unpaired) electrons. The fourth-order valence-electron chi connectivity index (χ4n) is 2.74. The predicted molar refractivity (Wildman–Crippen MR) is 70.5 cm³/mol. The molecule has 18 heavy (non-hydrogen) atoms. The van der Waals surface area contributed by atoms with Gasteiger partial charge in [0.15, 0.2) is 0 Å². The monoisotopic (exact) mass is 255 g/mol. The lowest BCUT2D eigenvalue weighted by Gasteiger charge is -2.35. The highest BCUT2D eigenvalue weighted by molar-refractivity contribution is 5.87. The number of carbonyl (C=O) groups excluding carboxylic acids is 2. The Kier molecular flexibility index (Phi) is 5.59. The summed E-state index contributed by atoms with van der Waals surface area (Å²) >= 11 is 0. The SMILES string of the molecule is CC(C)C1CCCCC1NC(=O)C(N)CC(N)=O. The van der Waals surface area contributed by atoms with E-state index in [1.54, 1.807) is 0 Å². The predicted octanol–water partition coefficient (Wildman–Crippen LogP) is 0.520. The van der Waals surface area contributed by atoms with Gasteiger partial charge in [0, 0.05) is 6.04 Å². The molecule has 0 aliphatic heterocycles. The van der Waals surface area contributed by atoms with E-state index in [0.717, 1.165) is 19.3 Å². The molecule has 5 nitrogen and oxygen atoms in total. The second kappa shape index (κ2) is 6.73. The lowest BCUT2D eigenvalue weighted by Crippen LogP contribution is -2.50. The van der Waals surface area contributed by atoms with E-state index in [-0.39, 0.29) is 18.4 Å². The van der Waals surface area contributed by atoms with Gasteiger partial charge in [-0.15, -0.1) is 0 Å². The first kappa shape index (κ1) is 15.0. The van der Waals surface area contributed by atoms with Gasteiger partial charge in [-0.25, -0.2) is 0 Å². The van der Waals surface area contributed by atoms with Gasteiger partial charge in [0.25, 0.3) is 0 Å². The van der Waals surface area contributed by atoms with Crippen LogP contribution in [-0.2, 0) is 9.59 Å². The Bertz CT molecular complexity index is 305. The van der Waals surface area contributed by atoms with Crippen LogP contribution in [0.25, 0.3) is 0 Å². The van der Waals surface area contributed by atoms with Gasteiger partial charge in [-0.2, -0.15) is 0 Å². The molecular weight excluding hydrogens is 230 g/mol. The lowest BCUT2D eigenvalue weighted by atomic mass is 9.78. The van der Waals surface area contributed by atoms with Gasteiger partial charge in [0.05, 0.1) is 12.5 Å². The van der Waals surface area contributed by atoms with E-state index in [4.69, 9.17) is 11.5 Å². The third-order valence-corrected chi connectivity index (χ3v) is 3.76. The minimum atomic E-state index is -0.822. The third kappa shape index (κ3) is 4.29. The molecule has 0 bridgehead atoms. The molecule has 1 fully saturated rings. The first-order valence-electron chi connectivity index (χ1n) is 6.76. The summed E-state index contributed by atoms with van der Waals surface area (Å²) in [4.78, 5) is 22.6. The van der Waals surface area contributed by atoms with Crippen LogP contribution in [-0.4, -0.2) is 23.9 Å². The molecule has 0 aromatic heterocycles. The molecule has 3 unspecified atom stereocenters. The maximum atomic E-state index is 11.9. The zero-order chi connectivity index (χ0) is 13.7. The molecule has 0 heterocycles. The van der Waals surface area contributed by atoms with Crippen molar-refractivity contribution >= 4 is 11.8 Å². The Morgan fingerprint density at radius 1 is 1.28 bits per heavy atom. The van der Waals surface area contributed by atoms with Gasteiger partial charge in [0.1, 0.15) is 0 Å². The number of nitrogens with one attached hydrogen (secondary N) is 1. The summed E-state index contributed by atoms with van der Waals surface area (Å²) in [5.74, 6) is 0.250. The van der Waals surface area contributed by atoms with Crippen LogP contribution in [0.15, 0.2) is 0 Å². The fourth-order valence-corrected chi connectivity index (χ4v) is 2.74. The first-order valence-corrected chi connectivity index (χ1v) is 6.76. The summed E-state index contributed by atoms with van der Waals surface area (Å²) in [6.45, 7) is 4.36.